The van der Waals surface area contributed by atoms with Gasteiger partial charge in [0.05, 0.1) is 18.2 Å². The molecule has 2 heterocycles. The number of fused-ring (bicyclic) bond motifs is 1. The highest BCUT2D eigenvalue weighted by Crippen LogP contribution is 2.32. The number of aromatic hydroxyl groups is 1. The van der Waals surface area contributed by atoms with Gasteiger partial charge in [0, 0.05) is 24.4 Å². The molecular formula is C25H27FN4O5. The van der Waals surface area contributed by atoms with Crippen molar-refractivity contribution in [3.05, 3.63) is 48.3 Å². The third kappa shape index (κ3) is 5.26. The first-order valence-electron chi connectivity index (χ1n) is 11.2. The van der Waals surface area contributed by atoms with Crippen LogP contribution < -0.4 is 5.32 Å². The van der Waals surface area contributed by atoms with Gasteiger partial charge in [-0.25, -0.2) is 23.9 Å². The van der Waals surface area contributed by atoms with Gasteiger partial charge in [0.15, 0.2) is 5.82 Å². The Hall–Kier alpha value is -3.95. The minimum atomic E-state index is -0.827. The van der Waals surface area contributed by atoms with Gasteiger partial charge in [-0.05, 0) is 51.1 Å². The first-order valence-corrected chi connectivity index (χ1v) is 11.2. The van der Waals surface area contributed by atoms with Crippen LogP contribution >= 0.6 is 0 Å². The molecule has 2 atom stereocenters. The first kappa shape index (κ1) is 24.2. The van der Waals surface area contributed by atoms with Gasteiger partial charge in [0.1, 0.15) is 29.0 Å². The largest absolute Gasteiger partial charge is 0.507 e. The van der Waals surface area contributed by atoms with Gasteiger partial charge in [0.25, 0.3) is 0 Å². The first-order chi connectivity index (χ1) is 16.6. The Morgan fingerprint density at radius 2 is 1.91 bits per heavy atom. The number of methoxy groups -OCH3 is 1. The number of nitrogens with zero attached hydrogens (tertiary/aromatic N) is 3. The van der Waals surface area contributed by atoms with Crippen LogP contribution in [-0.4, -0.2) is 63.4 Å². The summed E-state index contributed by atoms with van der Waals surface area (Å²) in [5, 5.41) is 14.3. The van der Waals surface area contributed by atoms with Crippen LogP contribution in [0.4, 0.5) is 15.0 Å². The molecule has 0 spiro atoms. The fourth-order valence-corrected chi connectivity index (χ4v) is 4.01. The number of esters is 1. The van der Waals surface area contributed by atoms with E-state index in [1.807, 2.05) is 12.1 Å². The molecule has 1 aromatic heterocycles. The number of nitrogens with one attached hydrogen (secondary N) is 1. The van der Waals surface area contributed by atoms with Crippen LogP contribution in [0.2, 0.25) is 0 Å². The maximum absolute atomic E-state index is 13.9. The molecule has 2 unspecified atom stereocenters. The summed E-state index contributed by atoms with van der Waals surface area (Å²) < 4.78 is 24.3. The third-order valence-electron chi connectivity index (χ3n) is 5.55. The Morgan fingerprint density at radius 3 is 2.63 bits per heavy atom. The number of halogens is 1. The van der Waals surface area contributed by atoms with Gasteiger partial charge in [-0.2, -0.15) is 0 Å². The molecule has 184 valence electrons. The maximum Gasteiger partial charge on any atom is 0.411 e. The molecule has 0 aliphatic carbocycles. The van der Waals surface area contributed by atoms with Gasteiger partial charge < -0.3 is 19.9 Å². The lowest BCUT2D eigenvalue weighted by atomic mass is 10.1. The second kappa shape index (κ2) is 9.36. The summed E-state index contributed by atoms with van der Waals surface area (Å²) in [7, 11) is 1.27. The van der Waals surface area contributed by atoms with Crippen molar-refractivity contribution in [3.8, 4) is 17.1 Å². The lowest BCUT2D eigenvalue weighted by molar-refractivity contribution is -0.145. The monoisotopic (exact) mass is 482 g/mol. The predicted molar refractivity (Wildman–Crippen MR) is 127 cm³/mol. The Labute approximate surface area is 201 Å². The van der Waals surface area contributed by atoms with Crippen molar-refractivity contribution in [2.45, 2.75) is 44.9 Å². The summed E-state index contributed by atoms with van der Waals surface area (Å²) >= 11 is 0. The molecule has 3 aromatic rings. The molecule has 1 aliphatic heterocycles. The number of rotatable bonds is 4. The number of para-hydroxylation sites is 1. The van der Waals surface area contributed by atoms with Gasteiger partial charge >= 0.3 is 12.1 Å². The highest BCUT2D eigenvalue weighted by molar-refractivity contribution is 5.91. The van der Waals surface area contributed by atoms with E-state index in [0.29, 0.717) is 16.7 Å². The summed E-state index contributed by atoms with van der Waals surface area (Å²) in [6, 6.07) is 9.60. The second-order valence-electron chi connectivity index (χ2n) is 9.32. The van der Waals surface area contributed by atoms with E-state index in [0.717, 1.165) is 12.1 Å². The number of likely N-dealkylation sites (tertiary alicyclic amines) is 1. The number of anilines is 1. The average Bonchev–Trinajstić information content (AvgIpc) is 3.23. The third-order valence-corrected chi connectivity index (χ3v) is 5.55. The molecule has 35 heavy (non-hydrogen) atoms. The van der Waals surface area contributed by atoms with Crippen molar-refractivity contribution in [3.63, 3.8) is 0 Å². The number of aromatic nitrogens is 2. The standard InChI is InChI=1S/C25H27FN4O5/c1-25(2,3)35-24(33)30-13-15(12-19(30)23(32)34-4)27-21-16-7-5-6-8-18(16)28-22(29-21)17-11-14(26)9-10-20(17)31/h5-11,15,19,31H,12-13H2,1-4H3,(H,27,28,29). The van der Waals surface area contributed by atoms with Crippen molar-refractivity contribution in [1.82, 2.24) is 14.9 Å². The molecule has 2 N–H and O–H groups in total. The van der Waals surface area contributed by atoms with E-state index in [4.69, 9.17) is 9.47 Å². The molecule has 1 fully saturated rings. The van der Waals surface area contributed by atoms with Crippen LogP contribution in [-0.2, 0) is 14.3 Å². The van der Waals surface area contributed by atoms with E-state index in [1.54, 1.807) is 32.9 Å². The minimum absolute atomic E-state index is 0.134. The van der Waals surface area contributed by atoms with E-state index in [1.165, 1.54) is 18.1 Å². The molecule has 9 nitrogen and oxygen atoms in total. The van der Waals surface area contributed by atoms with E-state index >= 15 is 0 Å². The van der Waals surface area contributed by atoms with Crippen molar-refractivity contribution in [2.24, 2.45) is 0 Å². The molecule has 2 aromatic carbocycles. The molecular weight excluding hydrogens is 455 g/mol. The summed E-state index contributed by atoms with van der Waals surface area (Å²) in [6.45, 7) is 5.42. The van der Waals surface area contributed by atoms with E-state index in [2.05, 4.69) is 15.3 Å². The number of benzene rings is 2. The highest BCUT2D eigenvalue weighted by Gasteiger charge is 2.42. The minimum Gasteiger partial charge on any atom is -0.507 e. The number of hydrogen-bond acceptors (Lipinski definition) is 8. The zero-order valence-corrected chi connectivity index (χ0v) is 19.9. The van der Waals surface area contributed by atoms with Crippen LogP contribution in [0.5, 0.6) is 5.75 Å². The topological polar surface area (TPSA) is 114 Å². The molecule has 1 amide bonds. The number of carbonyl (C=O) groups excluding carboxylic acids is 2. The molecule has 1 aliphatic rings. The van der Waals surface area contributed by atoms with Crippen LogP contribution in [0.1, 0.15) is 27.2 Å². The highest BCUT2D eigenvalue weighted by atomic mass is 19.1. The van der Waals surface area contributed by atoms with Crippen molar-refractivity contribution in [2.75, 3.05) is 19.0 Å². The zero-order valence-electron chi connectivity index (χ0n) is 19.9. The van der Waals surface area contributed by atoms with Crippen molar-refractivity contribution >= 4 is 28.8 Å². The quantitative estimate of drug-likeness (QED) is 0.534. The number of hydrogen-bond donors (Lipinski definition) is 2. The summed E-state index contributed by atoms with van der Waals surface area (Å²) in [6.07, 6.45) is -0.347. The van der Waals surface area contributed by atoms with Crippen molar-refractivity contribution in [1.29, 1.82) is 0 Å². The second-order valence-corrected chi connectivity index (χ2v) is 9.32. The van der Waals surface area contributed by atoms with Crippen LogP contribution in [0.3, 0.4) is 0 Å². The fraction of sp³-hybridized carbons (Fsp3) is 0.360. The number of amides is 1. The average molecular weight is 483 g/mol. The van der Waals surface area contributed by atoms with Gasteiger partial charge in [-0.1, -0.05) is 12.1 Å². The van der Waals surface area contributed by atoms with Gasteiger partial charge in [-0.3, -0.25) is 4.90 Å². The number of ether oxygens (including phenoxy) is 2. The smallest absolute Gasteiger partial charge is 0.411 e. The number of phenols is 1. The Bertz CT molecular complexity index is 1280. The summed E-state index contributed by atoms with van der Waals surface area (Å²) in [4.78, 5) is 35.6. The van der Waals surface area contributed by atoms with Crippen molar-refractivity contribution < 1.29 is 28.6 Å². The molecule has 0 bridgehead atoms. The Morgan fingerprint density at radius 1 is 1.17 bits per heavy atom. The molecule has 4 rings (SSSR count). The van der Waals surface area contributed by atoms with E-state index < -0.39 is 29.5 Å². The predicted octanol–water partition coefficient (Wildman–Crippen LogP) is 4.10. The molecule has 1 saturated heterocycles. The lowest BCUT2D eigenvalue weighted by Crippen LogP contribution is -2.44. The van der Waals surface area contributed by atoms with E-state index in [9.17, 15) is 19.1 Å². The van der Waals surface area contributed by atoms with Crippen LogP contribution in [0.15, 0.2) is 42.5 Å². The SMILES string of the molecule is COC(=O)C1CC(Nc2nc(-c3cc(F)ccc3O)nc3ccccc23)CN1C(=O)OC(C)(C)C. The van der Waals surface area contributed by atoms with Crippen LogP contribution in [0.25, 0.3) is 22.3 Å². The number of carbonyl (C=O) groups is 2. The summed E-state index contributed by atoms with van der Waals surface area (Å²) in [5.74, 6) is -0.675. The van der Waals surface area contributed by atoms with E-state index in [-0.39, 0.29) is 36.1 Å². The summed E-state index contributed by atoms with van der Waals surface area (Å²) in [5.41, 5.74) is -0.00299. The normalized spacial score (nSPS) is 17.9. The van der Waals surface area contributed by atoms with Gasteiger partial charge in [-0.15, -0.1) is 0 Å². The fourth-order valence-electron chi connectivity index (χ4n) is 4.01. The Balaban J connectivity index is 1.69. The number of phenolic OH excluding ortho intramolecular Hbond substituents is 1. The zero-order chi connectivity index (χ0) is 25.3. The van der Waals surface area contributed by atoms with Gasteiger partial charge in [0.2, 0.25) is 0 Å². The molecule has 10 heteroatoms. The van der Waals surface area contributed by atoms with Crippen LogP contribution in [0, 0.1) is 5.82 Å². The Kier molecular flexibility index (Phi) is 6.47. The molecule has 0 saturated carbocycles. The lowest BCUT2D eigenvalue weighted by Gasteiger charge is -2.27. The maximum atomic E-state index is 13.9. The molecule has 0 radical (unpaired) electrons.